The summed E-state index contributed by atoms with van der Waals surface area (Å²) < 4.78 is 0. The molecule has 0 fully saturated rings. The first-order valence-corrected chi connectivity index (χ1v) is 2.76. The smallest absolute Gasteiger partial charge is 0.208 e. The molecule has 0 aliphatic carbocycles. The Morgan fingerprint density at radius 2 is 2.64 bits per heavy atom. The quantitative estimate of drug-likeness (QED) is 0.333. The highest BCUT2D eigenvalue weighted by Crippen LogP contribution is 1.92. The summed E-state index contributed by atoms with van der Waals surface area (Å²) in [5.41, 5.74) is 0.121. The predicted molar refractivity (Wildman–Crippen MR) is 34.9 cm³/mol. The van der Waals surface area contributed by atoms with Crippen molar-refractivity contribution in [3.8, 4) is 6.07 Å². The Morgan fingerprint density at radius 1 is 1.91 bits per heavy atom. The zero-order valence-corrected chi connectivity index (χ0v) is 5.76. The maximum atomic E-state index is 8.37. The SMILES string of the molecule is Cn1ncc(C(C#N)=NO)n1. The maximum absolute atomic E-state index is 8.37. The van der Waals surface area contributed by atoms with Crippen LogP contribution < -0.4 is 0 Å². The third-order valence-electron chi connectivity index (χ3n) is 1.05. The van der Waals surface area contributed by atoms with Gasteiger partial charge in [-0.15, -0.1) is 0 Å². The Labute approximate surface area is 62.4 Å². The number of oxime groups is 1. The minimum Gasteiger partial charge on any atom is -0.410 e. The maximum Gasteiger partial charge on any atom is 0.208 e. The van der Waals surface area contributed by atoms with Gasteiger partial charge in [-0.2, -0.15) is 20.3 Å². The molecule has 6 nitrogen and oxygen atoms in total. The minimum absolute atomic E-state index is 0.141. The molecule has 11 heavy (non-hydrogen) atoms. The summed E-state index contributed by atoms with van der Waals surface area (Å²) in [6.45, 7) is 0. The van der Waals surface area contributed by atoms with Crippen LogP contribution in [0.4, 0.5) is 0 Å². The molecule has 1 heterocycles. The molecule has 1 aromatic heterocycles. The van der Waals surface area contributed by atoms with E-state index in [1.807, 2.05) is 0 Å². The number of nitrogens with zero attached hydrogens (tertiary/aromatic N) is 5. The number of nitriles is 1. The van der Waals surface area contributed by atoms with Gasteiger partial charge >= 0.3 is 0 Å². The van der Waals surface area contributed by atoms with Gasteiger partial charge in [-0.1, -0.05) is 5.16 Å². The lowest BCUT2D eigenvalue weighted by atomic mass is 10.3. The Bertz CT molecular complexity index is 320. The Morgan fingerprint density at radius 3 is 3.00 bits per heavy atom. The molecule has 56 valence electrons. The van der Waals surface area contributed by atoms with Crippen molar-refractivity contribution < 1.29 is 5.21 Å². The summed E-state index contributed by atoms with van der Waals surface area (Å²) in [4.78, 5) is 1.28. The summed E-state index contributed by atoms with van der Waals surface area (Å²) in [6, 6.07) is 1.67. The van der Waals surface area contributed by atoms with Crippen LogP contribution in [0, 0.1) is 11.3 Å². The van der Waals surface area contributed by atoms with E-state index in [1.165, 1.54) is 11.0 Å². The van der Waals surface area contributed by atoms with Crippen LogP contribution >= 0.6 is 0 Å². The lowest BCUT2D eigenvalue weighted by Gasteiger charge is -1.83. The van der Waals surface area contributed by atoms with Crippen LogP contribution in [0.2, 0.25) is 0 Å². The van der Waals surface area contributed by atoms with E-state index >= 15 is 0 Å². The lowest BCUT2D eigenvalue weighted by Crippen LogP contribution is -1.99. The summed E-state index contributed by atoms with van der Waals surface area (Å²) in [7, 11) is 1.61. The van der Waals surface area contributed by atoms with E-state index in [0.29, 0.717) is 0 Å². The van der Waals surface area contributed by atoms with Gasteiger partial charge < -0.3 is 5.21 Å². The van der Waals surface area contributed by atoms with E-state index in [4.69, 9.17) is 10.5 Å². The fourth-order valence-electron chi connectivity index (χ4n) is 0.585. The average molecular weight is 151 g/mol. The van der Waals surface area contributed by atoms with E-state index in [-0.39, 0.29) is 11.4 Å². The van der Waals surface area contributed by atoms with E-state index in [0.717, 1.165) is 0 Å². The van der Waals surface area contributed by atoms with Gasteiger partial charge in [0.05, 0.1) is 6.20 Å². The second-order valence-corrected chi connectivity index (χ2v) is 1.78. The van der Waals surface area contributed by atoms with Crippen LogP contribution in [-0.4, -0.2) is 25.9 Å². The molecule has 1 N–H and O–H groups in total. The largest absolute Gasteiger partial charge is 0.410 e. The van der Waals surface area contributed by atoms with Gasteiger partial charge in [0.1, 0.15) is 11.8 Å². The van der Waals surface area contributed by atoms with E-state index < -0.39 is 0 Å². The highest BCUT2D eigenvalue weighted by Gasteiger charge is 2.05. The van der Waals surface area contributed by atoms with Crippen molar-refractivity contribution in [2.75, 3.05) is 0 Å². The summed E-state index contributed by atoms with van der Waals surface area (Å²) in [6.07, 6.45) is 1.35. The van der Waals surface area contributed by atoms with Crippen LogP contribution in [-0.2, 0) is 7.05 Å². The summed E-state index contributed by atoms with van der Waals surface area (Å²) in [5.74, 6) is 0. The molecule has 0 saturated carbocycles. The van der Waals surface area contributed by atoms with Gasteiger partial charge in [-0.3, -0.25) is 0 Å². The van der Waals surface area contributed by atoms with Gasteiger partial charge in [0, 0.05) is 7.05 Å². The molecule has 0 radical (unpaired) electrons. The zero-order valence-electron chi connectivity index (χ0n) is 5.76. The van der Waals surface area contributed by atoms with Crippen molar-refractivity contribution in [3.05, 3.63) is 11.9 Å². The topological polar surface area (TPSA) is 87.1 Å². The molecular weight excluding hydrogens is 146 g/mol. The van der Waals surface area contributed by atoms with Crippen molar-refractivity contribution in [1.82, 2.24) is 15.0 Å². The fourth-order valence-corrected chi connectivity index (χ4v) is 0.585. The molecular formula is C5H5N5O. The van der Waals surface area contributed by atoms with Crippen LogP contribution in [0.25, 0.3) is 0 Å². The van der Waals surface area contributed by atoms with Gasteiger partial charge in [-0.25, -0.2) is 0 Å². The second-order valence-electron chi connectivity index (χ2n) is 1.78. The first-order valence-electron chi connectivity index (χ1n) is 2.76. The number of rotatable bonds is 1. The van der Waals surface area contributed by atoms with E-state index in [9.17, 15) is 0 Å². The highest BCUT2D eigenvalue weighted by atomic mass is 16.4. The Balaban J connectivity index is 3.03. The van der Waals surface area contributed by atoms with Crippen LogP contribution in [0.5, 0.6) is 0 Å². The number of aryl methyl sites for hydroxylation is 1. The molecule has 0 amide bonds. The van der Waals surface area contributed by atoms with Crippen molar-refractivity contribution in [3.63, 3.8) is 0 Å². The van der Waals surface area contributed by atoms with Gasteiger partial charge in [0.15, 0.2) is 0 Å². The summed E-state index contributed by atoms with van der Waals surface area (Å²) in [5, 5.41) is 26.8. The van der Waals surface area contributed by atoms with Crippen molar-refractivity contribution >= 4 is 5.71 Å². The van der Waals surface area contributed by atoms with E-state index in [1.54, 1.807) is 13.1 Å². The van der Waals surface area contributed by atoms with Gasteiger partial charge in [0.2, 0.25) is 5.71 Å². The molecule has 0 aromatic carbocycles. The molecule has 0 saturated heterocycles. The third kappa shape index (κ3) is 1.32. The normalized spacial score (nSPS) is 11.1. The molecule has 0 unspecified atom stereocenters. The monoisotopic (exact) mass is 151 g/mol. The molecule has 1 aromatic rings. The highest BCUT2D eigenvalue weighted by molar-refractivity contribution is 6.09. The van der Waals surface area contributed by atoms with Crippen molar-refractivity contribution in [2.24, 2.45) is 12.2 Å². The first-order chi connectivity index (χ1) is 5.27. The molecule has 1 rings (SSSR count). The van der Waals surface area contributed by atoms with Crippen LogP contribution in [0.3, 0.4) is 0 Å². The molecule has 0 aliphatic rings. The average Bonchev–Trinajstić information content (AvgIpc) is 2.39. The lowest BCUT2D eigenvalue weighted by molar-refractivity contribution is 0.320. The Kier molecular flexibility index (Phi) is 1.83. The third-order valence-corrected chi connectivity index (χ3v) is 1.05. The van der Waals surface area contributed by atoms with Gasteiger partial charge in [0.25, 0.3) is 0 Å². The zero-order chi connectivity index (χ0) is 8.27. The standard InChI is InChI=1S/C5H5N5O/c1-10-7-3-5(8-10)4(2-6)9-11/h3,11H,1H3. The molecule has 0 spiro atoms. The van der Waals surface area contributed by atoms with E-state index in [2.05, 4.69) is 15.4 Å². The van der Waals surface area contributed by atoms with Crippen LogP contribution in [0.15, 0.2) is 11.4 Å². The Hall–Kier alpha value is -1.90. The molecule has 0 aliphatic heterocycles. The predicted octanol–water partition coefficient (Wildman–Crippen LogP) is -0.483. The summed E-state index contributed by atoms with van der Waals surface area (Å²) >= 11 is 0. The number of aromatic nitrogens is 3. The molecule has 0 atom stereocenters. The minimum atomic E-state index is -0.141. The molecule has 6 heteroatoms. The van der Waals surface area contributed by atoms with Crippen molar-refractivity contribution in [2.45, 2.75) is 0 Å². The van der Waals surface area contributed by atoms with Crippen molar-refractivity contribution in [1.29, 1.82) is 5.26 Å². The van der Waals surface area contributed by atoms with Gasteiger partial charge in [-0.05, 0) is 0 Å². The number of hydrogen-bond donors (Lipinski definition) is 1. The number of hydrogen-bond acceptors (Lipinski definition) is 5. The molecule has 0 bridgehead atoms. The first kappa shape index (κ1) is 7.21. The second kappa shape index (κ2) is 2.79. The fraction of sp³-hybridized carbons (Fsp3) is 0.200. The van der Waals surface area contributed by atoms with Crippen LogP contribution in [0.1, 0.15) is 5.69 Å².